The average molecular weight is 984 g/mol. The normalized spacial score (nSPS) is 13.1. The molecule has 0 aliphatic carbocycles. The quantitative estimate of drug-likeness (QED) is 0.0946. The van der Waals surface area contributed by atoms with Crippen molar-refractivity contribution in [2.45, 2.75) is 50.4 Å². The van der Waals surface area contributed by atoms with E-state index in [0.717, 1.165) is 59.5 Å². The Kier molecular flexibility index (Phi) is 9.69. The number of rotatable bonds is 6. The Balaban J connectivity index is 0.000000188. The van der Waals surface area contributed by atoms with Gasteiger partial charge in [0.05, 0.1) is 22.4 Å². The molecule has 283 valence electrons. The van der Waals surface area contributed by atoms with Crippen LogP contribution in [-0.2, 0) is 26.7 Å². The molecular weight excluding hydrogens is 939 g/mol. The van der Waals surface area contributed by atoms with Gasteiger partial charge in [0, 0.05) is 32.0 Å². The molecule has 0 spiro atoms. The van der Waals surface area contributed by atoms with E-state index in [2.05, 4.69) is 80.3 Å². The first-order valence-electron chi connectivity index (χ1n) is 20.0. The molecule has 0 atom stereocenters. The molecule has 0 N–H and O–H groups in total. The van der Waals surface area contributed by atoms with E-state index in [9.17, 15) is 8.78 Å². The second-order valence-corrected chi connectivity index (χ2v) is 25.4. The van der Waals surface area contributed by atoms with Crippen molar-refractivity contribution in [3.8, 4) is 22.6 Å². The first-order chi connectivity index (χ1) is 28.0. The Morgan fingerprint density at radius 1 is 0.839 bits per heavy atom. The topological polar surface area (TPSA) is 56.7 Å². The second kappa shape index (κ2) is 15.9. The molecule has 0 saturated carbocycles. The number of nitrogens with zero attached hydrogens (tertiary/aromatic N) is 4. The zero-order chi connectivity index (χ0) is 41.9. The van der Waals surface area contributed by atoms with Crippen LogP contribution in [0, 0.1) is 30.7 Å². The van der Waals surface area contributed by atoms with E-state index < -0.39 is 37.8 Å². The van der Waals surface area contributed by atoms with Crippen LogP contribution in [0.3, 0.4) is 0 Å². The molecule has 9 rings (SSSR count). The number of aryl methyl sites for hydroxylation is 1. The van der Waals surface area contributed by atoms with Gasteiger partial charge >= 0.3 is 135 Å². The van der Waals surface area contributed by atoms with Crippen molar-refractivity contribution in [3.63, 3.8) is 0 Å². The third-order valence-corrected chi connectivity index (χ3v) is 14.0. The molecule has 0 unspecified atom stereocenters. The summed E-state index contributed by atoms with van der Waals surface area (Å²) in [7, 11) is 0. The fourth-order valence-electron chi connectivity index (χ4n) is 6.96. The van der Waals surface area contributed by atoms with E-state index in [0.29, 0.717) is 17.8 Å². The Morgan fingerprint density at radius 3 is 2.29 bits per heavy atom. The van der Waals surface area contributed by atoms with Gasteiger partial charge in [-0.2, -0.15) is 9.37 Å². The Hall–Kier alpha value is -5.02. The molecule has 56 heavy (non-hydrogen) atoms. The van der Waals surface area contributed by atoms with E-state index in [-0.39, 0.29) is 36.9 Å². The van der Waals surface area contributed by atoms with Crippen molar-refractivity contribution in [2.24, 2.45) is 0 Å². The molecule has 5 aromatic carbocycles. The van der Waals surface area contributed by atoms with Crippen LogP contribution in [0.4, 0.5) is 8.78 Å². The van der Waals surface area contributed by atoms with Crippen molar-refractivity contribution >= 4 is 61.5 Å². The van der Waals surface area contributed by atoms with Gasteiger partial charge in [0.2, 0.25) is 11.7 Å². The van der Waals surface area contributed by atoms with Crippen LogP contribution in [0.25, 0.3) is 66.5 Å². The maximum atomic E-state index is 14.8. The van der Waals surface area contributed by atoms with Crippen LogP contribution in [0.5, 0.6) is 0 Å². The summed E-state index contributed by atoms with van der Waals surface area (Å²) in [4.78, 5) is 13.4. The smallest absolute Gasteiger partial charge is 0 e. The van der Waals surface area contributed by atoms with E-state index in [1.165, 1.54) is 18.2 Å². The number of imidazole rings is 1. The molecule has 9 heteroatoms. The Morgan fingerprint density at radius 2 is 1.55 bits per heavy atom. The van der Waals surface area contributed by atoms with Gasteiger partial charge < -0.3 is 8.98 Å². The number of furan rings is 1. The monoisotopic (exact) mass is 985 g/mol. The van der Waals surface area contributed by atoms with E-state index >= 15 is 0 Å². The maximum absolute atomic E-state index is 14.8. The Labute approximate surface area is 347 Å². The van der Waals surface area contributed by atoms with Gasteiger partial charge in [0.25, 0.3) is 0 Å². The summed E-state index contributed by atoms with van der Waals surface area (Å²) in [6.07, 6.45) is 1.73. The minimum absolute atomic E-state index is 0. The molecule has 1 radical (unpaired) electrons. The molecule has 0 aliphatic rings. The summed E-state index contributed by atoms with van der Waals surface area (Å²) in [6, 6.07) is 40.2. The number of fused-ring (bicyclic) bond motifs is 5. The van der Waals surface area contributed by atoms with Crippen LogP contribution in [0.15, 0.2) is 120 Å². The number of aromatic nitrogens is 4. The van der Waals surface area contributed by atoms with Gasteiger partial charge in [-0.1, -0.05) is 65.5 Å². The van der Waals surface area contributed by atoms with E-state index in [4.69, 9.17) is 14.9 Å². The van der Waals surface area contributed by atoms with Crippen LogP contribution < -0.4 is 4.40 Å². The maximum Gasteiger partial charge on any atom is 0 e. The molecule has 0 saturated heterocycles. The third-order valence-electron chi connectivity index (χ3n) is 9.73. The number of benzene rings is 5. The van der Waals surface area contributed by atoms with Gasteiger partial charge in [-0.25, -0.2) is 0 Å². The first kappa shape index (κ1) is 34.2. The standard InChI is InChI=1S/C29H17FN3O.C18H23FGeN.Ir/c30-26-14-13-22-21-11-6-12-23(27(21)34-29(22)32-26)28-31-24-15-19-9-4-5-10-20(19)16-25(24)33(28)17-18-7-2-1-3-8-18;1-12(2)15-10-17(21-11-16(15)20(4,5)6)14-9-7-8-13(3)18(14)19;/h1-11,13-16H,17H2;7-8,10-12H,1-6H3;/q2*-1;/i;3D3,12D;. The SMILES string of the molecule is Fc1ccc2c(n1)oc1c(-c3nc4cc5ccccc5cc4n3Cc3ccccc3)[c-]ccc12.[2H]C([2H])([2H])c1cc[c-]c(-c2cc(C([2H])(C)C)[c]([Ge]([CH3])([CH3])[CH3])cn2)c1F.[Ir]. The van der Waals surface area contributed by atoms with Crippen LogP contribution in [-0.4, -0.2) is 32.8 Å². The van der Waals surface area contributed by atoms with Gasteiger partial charge in [0.1, 0.15) is 0 Å². The van der Waals surface area contributed by atoms with E-state index in [1.54, 1.807) is 32.2 Å². The van der Waals surface area contributed by atoms with Crippen molar-refractivity contribution in [1.29, 1.82) is 0 Å². The summed E-state index contributed by atoms with van der Waals surface area (Å²) < 4.78 is 68.7. The van der Waals surface area contributed by atoms with Crippen LogP contribution in [0.2, 0.25) is 17.3 Å². The zero-order valence-electron chi connectivity index (χ0n) is 35.5. The second-order valence-electron chi connectivity index (χ2n) is 14.8. The fourth-order valence-corrected chi connectivity index (χ4v) is 10.3. The fraction of sp³-hybridized carbons (Fsp3) is 0.170. The van der Waals surface area contributed by atoms with Crippen LogP contribution >= 0.6 is 0 Å². The molecule has 0 bridgehead atoms. The molecule has 4 aromatic heterocycles. The van der Waals surface area contributed by atoms with Crippen molar-refractivity contribution in [2.75, 3.05) is 0 Å². The van der Waals surface area contributed by atoms with Gasteiger partial charge in [-0.05, 0) is 40.6 Å². The number of pyridine rings is 2. The van der Waals surface area contributed by atoms with Crippen molar-refractivity contribution in [1.82, 2.24) is 19.5 Å². The van der Waals surface area contributed by atoms with Crippen molar-refractivity contribution in [3.05, 3.63) is 156 Å². The predicted octanol–water partition coefficient (Wildman–Crippen LogP) is 11.8. The summed E-state index contributed by atoms with van der Waals surface area (Å²) >= 11 is -2.28. The average Bonchev–Trinajstić information content (AvgIpc) is 3.73. The minimum atomic E-state index is -2.54. The zero-order valence-corrected chi connectivity index (χ0v) is 36.0. The molecule has 9 aromatic rings. The largest absolute Gasteiger partial charge is 0 e. The molecular formula is C47H40F2GeIrN4O-2. The van der Waals surface area contributed by atoms with Crippen molar-refractivity contribution < 1.29 is 38.8 Å². The van der Waals surface area contributed by atoms with Crippen LogP contribution in [0.1, 0.15) is 41.9 Å². The molecule has 0 aliphatic heterocycles. The molecule has 0 fully saturated rings. The molecule has 4 heterocycles. The summed E-state index contributed by atoms with van der Waals surface area (Å²) in [6.45, 7) is 1.69. The van der Waals surface area contributed by atoms with Gasteiger partial charge in [-0.15, -0.1) is 18.2 Å². The number of hydrogen-bond acceptors (Lipinski definition) is 4. The van der Waals surface area contributed by atoms with Gasteiger partial charge in [-0.3, -0.25) is 4.98 Å². The summed E-state index contributed by atoms with van der Waals surface area (Å²) in [5.74, 6) is 5.15. The van der Waals surface area contributed by atoms with E-state index in [1.807, 2.05) is 42.5 Å². The molecule has 0 amide bonds. The number of hydrogen-bond donors (Lipinski definition) is 0. The van der Waals surface area contributed by atoms with Gasteiger partial charge in [0.15, 0.2) is 0 Å². The summed E-state index contributed by atoms with van der Waals surface area (Å²) in [5, 5.41) is 3.92. The molecule has 5 nitrogen and oxygen atoms in total. The predicted molar refractivity (Wildman–Crippen MR) is 222 cm³/mol. The first-order valence-corrected chi connectivity index (χ1v) is 25.4. The minimum Gasteiger partial charge on any atom is 0 e. The summed E-state index contributed by atoms with van der Waals surface area (Å²) in [5.41, 5.74) is 5.52. The number of halogens is 2. The third kappa shape index (κ3) is 7.58. The Bertz CT molecular complexity index is 3030.